The highest BCUT2D eigenvalue weighted by molar-refractivity contribution is 7.11. The highest BCUT2D eigenvalue weighted by Gasteiger charge is 2.29. The van der Waals surface area contributed by atoms with Crippen molar-refractivity contribution in [1.82, 2.24) is 10.2 Å². The molecule has 0 radical (unpaired) electrons. The zero-order chi connectivity index (χ0) is 13.8. The zero-order valence-electron chi connectivity index (χ0n) is 12.8. The van der Waals surface area contributed by atoms with Crippen LogP contribution >= 0.6 is 11.3 Å². The second-order valence-corrected chi connectivity index (χ2v) is 7.32. The second kappa shape index (κ2) is 6.87. The quantitative estimate of drug-likeness (QED) is 0.847. The van der Waals surface area contributed by atoms with Gasteiger partial charge in [-0.05, 0) is 38.3 Å². The van der Waals surface area contributed by atoms with Crippen LogP contribution in [0.3, 0.4) is 0 Å². The molecule has 1 N–H and O–H groups in total. The Morgan fingerprint density at radius 3 is 2.74 bits per heavy atom. The number of nitrogens with one attached hydrogen (secondary N) is 1. The Balaban J connectivity index is 1.92. The molecule has 108 valence electrons. The second-order valence-electron chi connectivity index (χ2n) is 6.06. The van der Waals surface area contributed by atoms with Crippen LogP contribution in [0.25, 0.3) is 0 Å². The predicted octanol–water partition coefficient (Wildman–Crippen LogP) is 4.01. The van der Waals surface area contributed by atoms with Gasteiger partial charge in [0.25, 0.3) is 0 Å². The summed E-state index contributed by atoms with van der Waals surface area (Å²) in [5.41, 5.74) is 0. The zero-order valence-corrected chi connectivity index (χ0v) is 13.6. The molecular weight excluding hydrogens is 252 g/mol. The third-order valence-corrected chi connectivity index (χ3v) is 5.23. The molecule has 3 heteroatoms. The summed E-state index contributed by atoms with van der Waals surface area (Å²) in [6.07, 6.45) is 4.04. The average Bonchev–Trinajstić information content (AvgIpc) is 2.96. The summed E-state index contributed by atoms with van der Waals surface area (Å²) in [6.45, 7) is 11.3. The summed E-state index contributed by atoms with van der Waals surface area (Å²) in [5.74, 6) is 0. The van der Waals surface area contributed by atoms with Crippen LogP contribution in [0.4, 0.5) is 0 Å². The molecule has 1 fully saturated rings. The minimum atomic E-state index is 0.564. The largest absolute Gasteiger partial charge is 0.310 e. The Kier molecular flexibility index (Phi) is 5.43. The predicted molar refractivity (Wildman–Crippen MR) is 84.6 cm³/mol. The van der Waals surface area contributed by atoms with Gasteiger partial charge >= 0.3 is 0 Å². The van der Waals surface area contributed by atoms with Gasteiger partial charge in [-0.3, -0.25) is 4.90 Å². The molecule has 1 aliphatic heterocycles. The van der Waals surface area contributed by atoms with E-state index in [2.05, 4.69) is 50.0 Å². The van der Waals surface area contributed by atoms with Gasteiger partial charge in [-0.1, -0.05) is 20.8 Å². The smallest absolute Gasteiger partial charge is 0.0333 e. The Morgan fingerprint density at radius 1 is 1.32 bits per heavy atom. The van der Waals surface area contributed by atoms with E-state index < -0.39 is 0 Å². The highest BCUT2D eigenvalue weighted by Crippen LogP contribution is 2.29. The molecule has 1 saturated heterocycles. The molecule has 19 heavy (non-hydrogen) atoms. The van der Waals surface area contributed by atoms with Crippen LogP contribution in [0, 0.1) is 0 Å². The molecule has 0 aliphatic carbocycles. The van der Waals surface area contributed by atoms with Crippen molar-refractivity contribution in [2.24, 2.45) is 0 Å². The van der Waals surface area contributed by atoms with Crippen molar-refractivity contribution in [1.29, 1.82) is 0 Å². The molecule has 2 heterocycles. The van der Waals surface area contributed by atoms with Crippen molar-refractivity contribution in [2.45, 2.75) is 78.2 Å². The van der Waals surface area contributed by atoms with E-state index in [9.17, 15) is 0 Å². The molecule has 2 rings (SSSR count). The Hall–Kier alpha value is -0.380. The van der Waals surface area contributed by atoms with Crippen LogP contribution in [0.5, 0.6) is 0 Å². The Bertz CT molecular complexity index is 386. The van der Waals surface area contributed by atoms with Crippen LogP contribution < -0.4 is 5.32 Å². The fourth-order valence-electron chi connectivity index (χ4n) is 2.94. The van der Waals surface area contributed by atoms with Gasteiger partial charge in [-0.2, -0.15) is 0 Å². The van der Waals surface area contributed by atoms with Crippen LogP contribution in [0.15, 0.2) is 12.1 Å². The lowest BCUT2D eigenvalue weighted by Crippen LogP contribution is -2.33. The third kappa shape index (κ3) is 4.04. The SMILES string of the molecule is CCC1CCC(C)N1Cc1ccc(CNC(C)C)s1. The van der Waals surface area contributed by atoms with Gasteiger partial charge in [0, 0.05) is 41.0 Å². The van der Waals surface area contributed by atoms with Crippen LogP contribution in [-0.4, -0.2) is 23.0 Å². The maximum absolute atomic E-state index is 3.49. The van der Waals surface area contributed by atoms with E-state index in [-0.39, 0.29) is 0 Å². The first-order valence-electron chi connectivity index (χ1n) is 7.66. The topological polar surface area (TPSA) is 15.3 Å². The number of likely N-dealkylation sites (tertiary alicyclic amines) is 1. The van der Waals surface area contributed by atoms with Crippen molar-refractivity contribution >= 4 is 11.3 Å². The number of rotatable bonds is 6. The molecule has 1 aliphatic rings. The van der Waals surface area contributed by atoms with Crippen LogP contribution in [-0.2, 0) is 13.1 Å². The molecule has 0 spiro atoms. The van der Waals surface area contributed by atoms with Gasteiger partial charge in [0.15, 0.2) is 0 Å². The van der Waals surface area contributed by atoms with Crippen LogP contribution in [0.2, 0.25) is 0 Å². The molecular formula is C16H28N2S. The van der Waals surface area contributed by atoms with Gasteiger partial charge in [0.05, 0.1) is 0 Å². The minimum absolute atomic E-state index is 0.564. The van der Waals surface area contributed by atoms with Gasteiger partial charge < -0.3 is 5.32 Å². The Morgan fingerprint density at radius 2 is 2.05 bits per heavy atom. The first kappa shape index (κ1) is 15.0. The van der Waals surface area contributed by atoms with E-state index in [0.29, 0.717) is 6.04 Å². The lowest BCUT2D eigenvalue weighted by Gasteiger charge is -2.27. The van der Waals surface area contributed by atoms with Crippen molar-refractivity contribution < 1.29 is 0 Å². The summed E-state index contributed by atoms with van der Waals surface area (Å²) in [7, 11) is 0. The van der Waals surface area contributed by atoms with E-state index in [1.165, 1.54) is 29.0 Å². The molecule has 2 nitrogen and oxygen atoms in total. The number of hydrogen-bond donors (Lipinski definition) is 1. The molecule has 0 saturated carbocycles. The highest BCUT2D eigenvalue weighted by atomic mass is 32.1. The molecule has 2 unspecified atom stereocenters. The monoisotopic (exact) mass is 280 g/mol. The molecule has 1 aromatic rings. The van der Waals surface area contributed by atoms with Crippen molar-refractivity contribution in [3.63, 3.8) is 0 Å². The van der Waals surface area contributed by atoms with Gasteiger partial charge in [-0.15, -0.1) is 11.3 Å². The van der Waals surface area contributed by atoms with Crippen LogP contribution in [0.1, 0.15) is 56.7 Å². The summed E-state index contributed by atoms with van der Waals surface area (Å²) in [5, 5.41) is 3.49. The first-order chi connectivity index (χ1) is 9.10. The molecule has 2 atom stereocenters. The van der Waals surface area contributed by atoms with E-state index >= 15 is 0 Å². The van der Waals surface area contributed by atoms with E-state index in [0.717, 1.165) is 25.2 Å². The molecule has 0 amide bonds. The minimum Gasteiger partial charge on any atom is -0.310 e. The fourth-order valence-corrected chi connectivity index (χ4v) is 3.91. The summed E-state index contributed by atoms with van der Waals surface area (Å²) >= 11 is 1.97. The third-order valence-electron chi connectivity index (χ3n) is 4.16. The first-order valence-corrected chi connectivity index (χ1v) is 8.48. The van der Waals surface area contributed by atoms with Crippen molar-refractivity contribution in [3.05, 3.63) is 21.9 Å². The standard InChI is InChI=1S/C16H28N2S/c1-5-14-7-6-13(4)18(14)11-16-9-8-15(19-16)10-17-12(2)3/h8-9,12-14,17H,5-7,10-11H2,1-4H3. The summed E-state index contributed by atoms with van der Waals surface area (Å²) in [6, 6.07) is 6.73. The average molecular weight is 280 g/mol. The Labute approximate surface area is 122 Å². The van der Waals surface area contributed by atoms with E-state index in [4.69, 9.17) is 0 Å². The number of hydrogen-bond acceptors (Lipinski definition) is 3. The molecule has 1 aromatic heterocycles. The van der Waals surface area contributed by atoms with Gasteiger partial charge in [0.1, 0.15) is 0 Å². The van der Waals surface area contributed by atoms with Gasteiger partial charge in [-0.25, -0.2) is 0 Å². The lowest BCUT2D eigenvalue weighted by atomic mass is 10.1. The number of thiophene rings is 1. The molecule has 0 bridgehead atoms. The maximum atomic E-state index is 3.49. The maximum Gasteiger partial charge on any atom is 0.0333 e. The number of nitrogens with zero attached hydrogens (tertiary/aromatic N) is 1. The van der Waals surface area contributed by atoms with Gasteiger partial charge in [0.2, 0.25) is 0 Å². The van der Waals surface area contributed by atoms with E-state index in [1.54, 1.807) is 0 Å². The van der Waals surface area contributed by atoms with E-state index in [1.807, 2.05) is 11.3 Å². The van der Waals surface area contributed by atoms with Crippen molar-refractivity contribution in [3.8, 4) is 0 Å². The summed E-state index contributed by atoms with van der Waals surface area (Å²) < 4.78 is 0. The molecule has 0 aromatic carbocycles. The summed E-state index contributed by atoms with van der Waals surface area (Å²) in [4.78, 5) is 5.68. The fraction of sp³-hybridized carbons (Fsp3) is 0.750. The lowest BCUT2D eigenvalue weighted by molar-refractivity contribution is 0.191. The van der Waals surface area contributed by atoms with Crippen molar-refractivity contribution in [2.75, 3.05) is 0 Å². The normalized spacial score (nSPS) is 24.5.